The van der Waals surface area contributed by atoms with Crippen LogP contribution in [0.3, 0.4) is 0 Å². The lowest BCUT2D eigenvalue weighted by Gasteiger charge is -2.11. The minimum atomic E-state index is -1.00. The fourth-order valence-electron chi connectivity index (χ4n) is 1.44. The van der Waals surface area contributed by atoms with Crippen LogP contribution < -0.4 is 0 Å². The Morgan fingerprint density at radius 1 is 1.35 bits per heavy atom. The van der Waals surface area contributed by atoms with Gasteiger partial charge in [0, 0.05) is 13.0 Å². The van der Waals surface area contributed by atoms with Crippen molar-refractivity contribution in [3.8, 4) is 0 Å². The number of nitrogens with zero attached hydrogens (tertiary/aromatic N) is 3. The number of aromatic nitrogens is 3. The van der Waals surface area contributed by atoms with Gasteiger partial charge in [0.1, 0.15) is 12.2 Å². The van der Waals surface area contributed by atoms with Gasteiger partial charge in [0.15, 0.2) is 5.92 Å². The molecule has 0 atom stereocenters. The SMILES string of the molecule is CCn1ncnc1CC(C(=O)OC)C(=O)OC. The standard InChI is InChI=1S/C10H15N3O4/c1-4-13-8(11-6-12-13)5-7(9(14)16-2)10(15)17-3/h6-7H,4-5H2,1-3H3. The number of hydrogen-bond donors (Lipinski definition) is 0. The van der Waals surface area contributed by atoms with Crippen LogP contribution in [0.5, 0.6) is 0 Å². The summed E-state index contributed by atoms with van der Waals surface area (Å²) >= 11 is 0. The first-order valence-electron chi connectivity index (χ1n) is 5.16. The van der Waals surface area contributed by atoms with Gasteiger partial charge in [-0.2, -0.15) is 5.10 Å². The number of hydrogen-bond acceptors (Lipinski definition) is 6. The Morgan fingerprint density at radius 2 is 1.94 bits per heavy atom. The highest BCUT2D eigenvalue weighted by molar-refractivity contribution is 5.95. The molecule has 0 bridgehead atoms. The molecule has 0 aliphatic rings. The second-order valence-corrected chi connectivity index (χ2v) is 3.30. The maximum absolute atomic E-state index is 11.5. The molecule has 7 nitrogen and oxygen atoms in total. The molecule has 0 saturated heterocycles. The van der Waals surface area contributed by atoms with Crippen LogP contribution in [0.2, 0.25) is 0 Å². The van der Waals surface area contributed by atoms with Crippen molar-refractivity contribution in [2.75, 3.05) is 14.2 Å². The first-order valence-corrected chi connectivity index (χ1v) is 5.16. The van der Waals surface area contributed by atoms with Gasteiger partial charge in [0.05, 0.1) is 14.2 Å². The number of ether oxygens (including phenoxy) is 2. The number of rotatable bonds is 5. The Morgan fingerprint density at radius 3 is 2.41 bits per heavy atom. The third-order valence-corrected chi connectivity index (χ3v) is 2.35. The van der Waals surface area contributed by atoms with Crippen molar-refractivity contribution in [3.05, 3.63) is 12.2 Å². The normalized spacial score (nSPS) is 10.4. The lowest BCUT2D eigenvalue weighted by Crippen LogP contribution is -2.29. The van der Waals surface area contributed by atoms with Crippen molar-refractivity contribution in [1.29, 1.82) is 0 Å². The van der Waals surface area contributed by atoms with Gasteiger partial charge in [-0.1, -0.05) is 0 Å². The average molecular weight is 241 g/mol. The van der Waals surface area contributed by atoms with Gasteiger partial charge in [0.2, 0.25) is 0 Å². The zero-order valence-corrected chi connectivity index (χ0v) is 10.0. The molecule has 0 fully saturated rings. The summed E-state index contributed by atoms with van der Waals surface area (Å²) in [7, 11) is 2.45. The smallest absolute Gasteiger partial charge is 0.320 e. The molecule has 0 amide bonds. The predicted octanol–water partition coefficient (Wildman–Crippen LogP) is -0.197. The van der Waals surface area contributed by atoms with E-state index in [2.05, 4.69) is 19.6 Å². The first-order chi connectivity index (χ1) is 8.13. The second-order valence-electron chi connectivity index (χ2n) is 3.30. The van der Waals surface area contributed by atoms with Crippen LogP contribution in [-0.2, 0) is 32.0 Å². The third kappa shape index (κ3) is 3.02. The van der Waals surface area contributed by atoms with Gasteiger partial charge in [-0.25, -0.2) is 4.98 Å². The van der Waals surface area contributed by atoms with Gasteiger partial charge in [-0.15, -0.1) is 0 Å². The molecule has 0 aliphatic carbocycles. The second kappa shape index (κ2) is 5.97. The molecule has 1 aromatic heterocycles. The summed E-state index contributed by atoms with van der Waals surface area (Å²) in [5.41, 5.74) is 0. The Bertz CT molecular complexity index is 386. The monoisotopic (exact) mass is 241 g/mol. The van der Waals surface area contributed by atoms with Crippen molar-refractivity contribution in [3.63, 3.8) is 0 Å². The number of carbonyl (C=O) groups is 2. The minimum Gasteiger partial charge on any atom is -0.468 e. The summed E-state index contributed by atoms with van der Waals surface area (Å²) in [5, 5.41) is 3.96. The Balaban J connectivity index is 2.86. The molecule has 0 aliphatic heterocycles. The molecule has 0 spiro atoms. The first kappa shape index (κ1) is 13.1. The predicted molar refractivity (Wildman–Crippen MR) is 56.9 cm³/mol. The van der Waals surface area contributed by atoms with E-state index in [1.807, 2.05) is 6.92 Å². The highest BCUT2D eigenvalue weighted by atomic mass is 16.5. The summed E-state index contributed by atoms with van der Waals surface area (Å²) in [6.45, 7) is 2.51. The van der Waals surface area contributed by atoms with Crippen LogP contribution in [0, 0.1) is 5.92 Å². The van der Waals surface area contributed by atoms with Crippen LogP contribution >= 0.6 is 0 Å². The van der Waals surface area contributed by atoms with Gasteiger partial charge in [0.25, 0.3) is 0 Å². The molecule has 0 saturated carbocycles. The van der Waals surface area contributed by atoms with E-state index >= 15 is 0 Å². The molecule has 1 aromatic rings. The largest absolute Gasteiger partial charge is 0.468 e. The van der Waals surface area contributed by atoms with E-state index in [1.165, 1.54) is 20.5 Å². The number of carbonyl (C=O) groups excluding carboxylic acids is 2. The van der Waals surface area contributed by atoms with Crippen molar-refractivity contribution in [2.24, 2.45) is 5.92 Å². The van der Waals surface area contributed by atoms with Crippen LogP contribution in [0.25, 0.3) is 0 Å². The summed E-state index contributed by atoms with van der Waals surface area (Å²) in [6, 6.07) is 0. The summed E-state index contributed by atoms with van der Waals surface area (Å²) in [5.74, 6) is -1.72. The van der Waals surface area contributed by atoms with Gasteiger partial charge < -0.3 is 9.47 Å². The lowest BCUT2D eigenvalue weighted by molar-refractivity contribution is -0.158. The molecule has 17 heavy (non-hydrogen) atoms. The molecule has 94 valence electrons. The summed E-state index contributed by atoms with van der Waals surface area (Å²) in [4.78, 5) is 26.9. The molecular weight excluding hydrogens is 226 g/mol. The van der Waals surface area contributed by atoms with E-state index in [-0.39, 0.29) is 6.42 Å². The third-order valence-electron chi connectivity index (χ3n) is 2.35. The van der Waals surface area contributed by atoms with Crippen LogP contribution in [0.4, 0.5) is 0 Å². The topological polar surface area (TPSA) is 83.3 Å². The zero-order chi connectivity index (χ0) is 12.8. The fourth-order valence-corrected chi connectivity index (χ4v) is 1.44. The zero-order valence-electron chi connectivity index (χ0n) is 10.0. The number of methoxy groups -OCH3 is 2. The van der Waals surface area contributed by atoms with Gasteiger partial charge >= 0.3 is 11.9 Å². The van der Waals surface area contributed by atoms with E-state index in [9.17, 15) is 9.59 Å². The quantitative estimate of drug-likeness (QED) is 0.524. The average Bonchev–Trinajstić information content (AvgIpc) is 2.81. The number of esters is 2. The molecule has 0 N–H and O–H groups in total. The Labute approximate surface area is 98.7 Å². The van der Waals surface area contributed by atoms with E-state index in [4.69, 9.17) is 0 Å². The molecule has 0 radical (unpaired) electrons. The summed E-state index contributed by atoms with van der Waals surface area (Å²) < 4.78 is 10.7. The molecular formula is C10H15N3O4. The molecule has 1 heterocycles. The minimum absolute atomic E-state index is 0.118. The van der Waals surface area contributed by atoms with Crippen molar-refractivity contribution in [2.45, 2.75) is 19.9 Å². The van der Waals surface area contributed by atoms with Crippen LogP contribution in [0.1, 0.15) is 12.7 Å². The van der Waals surface area contributed by atoms with Gasteiger partial charge in [-0.3, -0.25) is 14.3 Å². The Hall–Kier alpha value is -1.92. The molecule has 7 heteroatoms. The van der Waals surface area contributed by atoms with E-state index < -0.39 is 17.9 Å². The lowest BCUT2D eigenvalue weighted by atomic mass is 10.1. The van der Waals surface area contributed by atoms with Crippen molar-refractivity contribution >= 4 is 11.9 Å². The van der Waals surface area contributed by atoms with Crippen molar-refractivity contribution < 1.29 is 19.1 Å². The van der Waals surface area contributed by atoms with E-state index in [0.29, 0.717) is 12.4 Å². The Kier molecular flexibility index (Phi) is 4.62. The summed E-state index contributed by atoms with van der Waals surface area (Å²) in [6.07, 6.45) is 1.50. The molecule has 0 unspecified atom stereocenters. The van der Waals surface area contributed by atoms with Crippen LogP contribution in [-0.4, -0.2) is 40.9 Å². The maximum atomic E-state index is 11.5. The highest BCUT2D eigenvalue weighted by Crippen LogP contribution is 2.10. The van der Waals surface area contributed by atoms with E-state index in [0.717, 1.165) is 0 Å². The maximum Gasteiger partial charge on any atom is 0.320 e. The van der Waals surface area contributed by atoms with E-state index in [1.54, 1.807) is 4.68 Å². The molecule has 0 aromatic carbocycles. The van der Waals surface area contributed by atoms with Crippen molar-refractivity contribution in [1.82, 2.24) is 14.8 Å². The fraction of sp³-hybridized carbons (Fsp3) is 0.600. The molecule has 1 rings (SSSR count). The highest BCUT2D eigenvalue weighted by Gasteiger charge is 2.30. The number of aryl methyl sites for hydroxylation is 1. The van der Waals surface area contributed by atoms with Gasteiger partial charge in [-0.05, 0) is 6.92 Å². The van der Waals surface area contributed by atoms with Crippen LogP contribution in [0.15, 0.2) is 6.33 Å².